The van der Waals surface area contributed by atoms with Crippen LogP contribution in [-0.2, 0) is 5.75 Å². The second-order valence-electron chi connectivity index (χ2n) is 5.40. The van der Waals surface area contributed by atoms with Crippen molar-refractivity contribution in [3.63, 3.8) is 0 Å². The number of aromatic nitrogens is 4. The summed E-state index contributed by atoms with van der Waals surface area (Å²) in [6, 6.07) is 14.6. The Labute approximate surface area is 163 Å². The van der Waals surface area contributed by atoms with Gasteiger partial charge in [0.15, 0.2) is 0 Å². The number of nitrogens with zero attached hydrogens (tertiary/aromatic N) is 4. The summed E-state index contributed by atoms with van der Waals surface area (Å²) in [5.74, 6) is 2.46. The molecule has 0 unspecified atom stereocenters. The van der Waals surface area contributed by atoms with Gasteiger partial charge in [-0.3, -0.25) is 0 Å². The van der Waals surface area contributed by atoms with Gasteiger partial charge in [-0.25, -0.2) is 0 Å². The van der Waals surface area contributed by atoms with Crippen molar-refractivity contribution in [3.8, 4) is 28.7 Å². The number of halogens is 1. The predicted octanol–water partition coefficient (Wildman–Crippen LogP) is 4.74. The van der Waals surface area contributed by atoms with Gasteiger partial charge in [-0.1, -0.05) is 29.4 Å². The minimum atomic E-state index is 0.416. The van der Waals surface area contributed by atoms with Gasteiger partial charge in [-0.05, 0) is 42.5 Å². The summed E-state index contributed by atoms with van der Waals surface area (Å²) >= 11 is 7.21. The van der Waals surface area contributed by atoms with E-state index in [0.29, 0.717) is 33.7 Å². The van der Waals surface area contributed by atoms with Crippen molar-refractivity contribution >= 4 is 23.4 Å². The Bertz CT molecular complexity index is 1050. The molecule has 4 rings (SSSR count). The maximum atomic E-state index is 5.88. The van der Waals surface area contributed by atoms with Gasteiger partial charge in [0, 0.05) is 16.1 Å². The van der Waals surface area contributed by atoms with Gasteiger partial charge in [0.25, 0.3) is 5.22 Å². The highest BCUT2D eigenvalue weighted by molar-refractivity contribution is 7.98. The Kier molecular flexibility index (Phi) is 5.08. The molecular weight excluding hydrogens is 388 g/mol. The van der Waals surface area contributed by atoms with Gasteiger partial charge >= 0.3 is 0 Å². The minimum Gasteiger partial charge on any atom is -0.497 e. The first-order valence-corrected chi connectivity index (χ1v) is 9.26. The van der Waals surface area contributed by atoms with E-state index in [1.54, 1.807) is 19.2 Å². The summed E-state index contributed by atoms with van der Waals surface area (Å²) in [6.45, 7) is 0. The third-order valence-electron chi connectivity index (χ3n) is 3.60. The molecule has 0 bridgehead atoms. The smallest absolute Gasteiger partial charge is 0.277 e. The zero-order valence-electron chi connectivity index (χ0n) is 14.1. The molecule has 0 aliphatic carbocycles. The van der Waals surface area contributed by atoms with Crippen molar-refractivity contribution in [1.82, 2.24) is 20.4 Å². The molecule has 7 nitrogen and oxygen atoms in total. The van der Waals surface area contributed by atoms with Crippen LogP contribution in [0.5, 0.6) is 5.75 Å². The summed E-state index contributed by atoms with van der Waals surface area (Å²) in [6.07, 6.45) is 0. The average molecular weight is 401 g/mol. The van der Waals surface area contributed by atoms with Gasteiger partial charge in [0.05, 0.1) is 12.9 Å². The number of rotatable bonds is 6. The first kappa shape index (κ1) is 17.6. The monoisotopic (exact) mass is 400 g/mol. The Balaban J connectivity index is 1.42. The van der Waals surface area contributed by atoms with Gasteiger partial charge in [-0.2, -0.15) is 0 Å². The fourth-order valence-electron chi connectivity index (χ4n) is 2.29. The number of thioether (sulfide) groups is 1. The molecule has 0 amide bonds. The first-order valence-electron chi connectivity index (χ1n) is 7.90. The summed E-state index contributed by atoms with van der Waals surface area (Å²) in [5, 5.41) is 17.3. The molecular formula is C18H13ClN4O3S. The number of hydrogen-bond acceptors (Lipinski definition) is 8. The molecule has 4 aromatic rings. The van der Waals surface area contributed by atoms with Crippen LogP contribution in [0.2, 0.25) is 5.02 Å². The fourth-order valence-corrected chi connectivity index (χ4v) is 3.01. The molecule has 0 N–H and O–H groups in total. The number of hydrogen-bond donors (Lipinski definition) is 0. The van der Waals surface area contributed by atoms with Crippen molar-refractivity contribution in [2.24, 2.45) is 0 Å². The van der Waals surface area contributed by atoms with E-state index in [1.807, 2.05) is 36.4 Å². The third-order valence-corrected chi connectivity index (χ3v) is 4.66. The molecule has 9 heteroatoms. The molecule has 2 aromatic heterocycles. The van der Waals surface area contributed by atoms with E-state index in [1.165, 1.54) is 11.8 Å². The van der Waals surface area contributed by atoms with Crippen molar-refractivity contribution in [3.05, 3.63) is 59.4 Å². The van der Waals surface area contributed by atoms with Gasteiger partial charge < -0.3 is 13.6 Å². The van der Waals surface area contributed by atoms with Crippen LogP contribution in [0.1, 0.15) is 5.89 Å². The highest BCUT2D eigenvalue weighted by Gasteiger charge is 2.13. The molecule has 136 valence electrons. The van der Waals surface area contributed by atoms with Gasteiger partial charge in [0.2, 0.25) is 17.7 Å². The average Bonchev–Trinajstić information content (AvgIpc) is 3.37. The second-order valence-corrected chi connectivity index (χ2v) is 6.76. The lowest BCUT2D eigenvalue weighted by atomic mass is 10.2. The molecule has 0 aliphatic heterocycles. The van der Waals surface area contributed by atoms with Crippen LogP contribution >= 0.6 is 23.4 Å². The van der Waals surface area contributed by atoms with E-state index in [0.717, 1.165) is 16.9 Å². The van der Waals surface area contributed by atoms with Crippen molar-refractivity contribution in [1.29, 1.82) is 0 Å². The molecule has 0 fully saturated rings. The number of methoxy groups -OCH3 is 1. The van der Waals surface area contributed by atoms with Crippen LogP contribution in [0.25, 0.3) is 22.9 Å². The Morgan fingerprint density at radius 3 is 2.52 bits per heavy atom. The summed E-state index contributed by atoms with van der Waals surface area (Å²) < 4.78 is 16.5. The van der Waals surface area contributed by atoms with E-state index >= 15 is 0 Å². The lowest BCUT2D eigenvalue weighted by molar-refractivity contribution is 0.414. The zero-order valence-corrected chi connectivity index (χ0v) is 15.7. The molecule has 0 radical (unpaired) electrons. The lowest BCUT2D eigenvalue weighted by Gasteiger charge is -2.00. The van der Waals surface area contributed by atoms with Crippen LogP contribution in [0.15, 0.2) is 62.6 Å². The molecule has 0 saturated heterocycles. The lowest BCUT2D eigenvalue weighted by Crippen LogP contribution is -1.83. The van der Waals surface area contributed by atoms with Crippen LogP contribution in [-0.4, -0.2) is 27.5 Å². The third kappa shape index (κ3) is 4.12. The normalized spacial score (nSPS) is 10.9. The van der Waals surface area contributed by atoms with E-state index in [-0.39, 0.29) is 0 Å². The maximum Gasteiger partial charge on any atom is 0.277 e. The second kappa shape index (κ2) is 7.81. The van der Waals surface area contributed by atoms with Crippen LogP contribution in [0.3, 0.4) is 0 Å². The van der Waals surface area contributed by atoms with E-state index in [9.17, 15) is 0 Å². The Morgan fingerprint density at radius 2 is 1.70 bits per heavy atom. The van der Waals surface area contributed by atoms with Crippen molar-refractivity contribution in [2.45, 2.75) is 11.0 Å². The van der Waals surface area contributed by atoms with E-state index < -0.39 is 0 Å². The van der Waals surface area contributed by atoms with Crippen LogP contribution in [0.4, 0.5) is 0 Å². The Hall–Kier alpha value is -2.84. The van der Waals surface area contributed by atoms with E-state index in [2.05, 4.69) is 20.4 Å². The topological polar surface area (TPSA) is 87.1 Å². The number of benzene rings is 2. The number of ether oxygens (including phenoxy) is 1. The van der Waals surface area contributed by atoms with Crippen molar-refractivity contribution < 1.29 is 13.6 Å². The molecule has 0 atom stereocenters. The Morgan fingerprint density at radius 1 is 0.926 bits per heavy atom. The van der Waals surface area contributed by atoms with Crippen LogP contribution < -0.4 is 4.74 Å². The van der Waals surface area contributed by atoms with E-state index in [4.69, 9.17) is 25.2 Å². The molecule has 2 heterocycles. The molecule has 0 aliphatic rings. The van der Waals surface area contributed by atoms with Crippen LogP contribution in [0, 0.1) is 0 Å². The highest BCUT2D eigenvalue weighted by atomic mass is 35.5. The summed E-state index contributed by atoms with van der Waals surface area (Å²) in [4.78, 5) is 0. The van der Waals surface area contributed by atoms with Gasteiger partial charge in [-0.15, -0.1) is 20.4 Å². The zero-order chi connectivity index (χ0) is 18.6. The maximum absolute atomic E-state index is 5.88. The first-order chi connectivity index (χ1) is 13.2. The molecule has 27 heavy (non-hydrogen) atoms. The summed E-state index contributed by atoms with van der Waals surface area (Å²) in [5.41, 5.74) is 1.60. The highest BCUT2D eigenvalue weighted by Crippen LogP contribution is 2.28. The quantitative estimate of drug-likeness (QED) is 0.429. The van der Waals surface area contributed by atoms with Crippen molar-refractivity contribution in [2.75, 3.05) is 7.11 Å². The van der Waals surface area contributed by atoms with Gasteiger partial charge in [0.1, 0.15) is 5.75 Å². The molecule has 2 aromatic carbocycles. The fraction of sp³-hybridized carbons (Fsp3) is 0.111. The summed E-state index contributed by atoms with van der Waals surface area (Å²) in [7, 11) is 1.61. The molecule has 0 saturated carbocycles. The molecule has 0 spiro atoms. The largest absolute Gasteiger partial charge is 0.497 e. The minimum absolute atomic E-state index is 0.416. The predicted molar refractivity (Wildman–Crippen MR) is 101 cm³/mol. The SMILES string of the molecule is COc1cccc(-c2nnc(CSc3nnc(-c4ccc(Cl)cc4)o3)o2)c1. The standard InChI is InChI=1S/C18H13ClN4O3S/c1-24-14-4-2-3-12(9-14)17-21-20-15(25-17)10-27-18-23-22-16(26-18)11-5-7-13(19)8-6-11/h2-9H,10H2,1H3.